The molecular formula is C13H18BrN3O4S. The Morgan fingerprint density at radius 2 is 2.09 bits per heavy atom. The quantitative estimate of drug-likeness (QED) is 0.579. The standard InChI is InChI=1S/C13H18BrN3O4S/c1-15(2)11-4-3-7-16(9-11)22(20,21)13-6-5-10(14)8-12(13)17(18)19/h5-6,8,11H,3-4,7,9H2,1-2H3. The summed E-state index contributed by atoms with van der Waals surface area (Å²) in [6.07, 6.45) is 1.66. The van der Waals surface area contributed by atoms with E-state index in [0.717, 1.165) is 12.8 Å². The summed E-state index contributed by atoms with van der Waals surface area (Å²) in [5.74, 6) is 0. The molecule has 1 aromatic carbocycles. The zero-order valence-electron chi connectivity index (χ0n) is 12.4. The maximum Gasteiger partial charge on any atom is 0.290 e. The molecular weight excluding hydrogens is 374 g/mol. The second-order valence-electron chi connectivity index (χ2n) is 5.49. The van der Waals surface area contributed by atoms with Crippen LogP contribution in [0.15, 0.2) is 27.6 Å². The lowest BCUT2D eigenvalue weighted by atomic mass is 10.1. The number of nitro groups is 1. The van der Waals surface area contributed by atoms with E-state index in [9.17, 15) is 18.5 Å². The summed E-state index contributed by atoms with van der Waals surface area (Å²) in [5, 5.41) is 11.2. The van der Waals surface area contributed by atoms with Crippen molar-refractivity contribution in [3.8, 4) is 0 Å². The maximum atomic E-state index is 12.8. The van der Waals surface area contributed by atoms with Crippen molar-refractivity contribution in [1.82, 2.24) is 9.21 Å². The number of sulfonamides is 1. The minimum atomic E-state index is -3.88. The van der Waals surface area contributed by atoms with E-state index in [-0.39, 0.29) is 10.9 Å². The number of hydrogen-bond donors (Lipinski definition) is 0. The zero-order chi connectivity index (χ0) is 16.5. The Labute approximate surface area is 138 Å². The molecule has 22 heavy (non-hydrogen) atoms. The molecule has 1 unspecified atom stereocenters. The van der Waals surface area contributed by atoms with Gasteiger partial charge in [-0.15, -0.1) is 0 Å². The van der Waals surface area contributed by atoms with Gasteiger partial charge in [0.25, 0.3) is 5.69 Å². The molecule has 0 bridgehead atoms. The topological polar surface area (TPSA) is 83.8 Å². The fraction of sp³-hybridized carbons (Fsp3) is 0.538. The Kier molecular flexibility index (Phi) is 5.21. The van der Waals surface area contributed by atoms with Crippen LogP contribution in [0.3, 0.4) is 0 Å². The van der Waals surface area contributed by atoms with E-state index in [1.807, 2.05) is 19.0 Å². The van der Waals surface area contributed by atoms with Gasteiger partial charge in [0.15, 0.2) is 4.90 Å². The SMILES string of the molecule is CN(C)C1CCCN(S(=O)(=O)c2ccc(Br)cc2[N+](=O)[O-])C1. The number of rotatable bonds is 4. The number of hydrogen-bond acceptors (Lipinski definition) is 5. The maximum absolute atomic E-state index is 12.8. The van der Waals surface area contributed by atoms with Crippen LogP contribution in [-0.4, -0.2) is 55.8 Å². The number of halogens is 1. The first-order chi connectivity index (χ1) is 10.2. The molecule has 0 aliphatic carbocycles. The summed E-state index contributed by atoms with van der Waals surface area (Å²) < 4.78 is 27.4. The Bertz CT molecular complexity index is 678. The van der Waals surface area contributed by atoms with Crippen molar-refractivity contribution in [2.75, 3.05) is 27.2 Å². The first-order valence-electron chi connectivity index (χ1n) is 6.84. The van der Waals surface area contributed by atoms with E-state index in [4.69, 9.17) is 0 Å². The van der Waals surface area contributed by atoms with Gasteiger partial charge in [-0.2, -0.15) is 4.31 Å². The molecule has 0 amide bonds. The Morgan fingerprint density at radius 1 is 1.41 bits per heavy atom. The highest BCUT2D eigenvalue weighted by molar-refractivity contribution is 9.10. The molecule has 1 aliphatic heterocycles. The molecule has 1 heterocycles. The van der Waals surface area contributed by atoms with Gasteiger partial charge in [-0.3, -0.25) is 10.1 Å². The summed E-state index contributed by atoms with van der Waals surface area (Å²) in [6.45, 7) is 0.739. The van der Waals surface area contributed by atoms with E-state index in [1.54, 1.807) is 0 Å². The number of likely N-dealkylation sites (N-methyl/N-ethyl adjacent to an activating group) is 1. The summed E-state index contributed by atoms with van der Waals surface area (Å²) in [4.78, 5) is 12.2. The number of nitro benzene ring substituents is 1. The first-order valence-corrected chi connectivity index (χ1v) is 9.07. The number of nitrogens with zero attached hydrogens (tertiary/aromatic N) is 3. The molecule has 1 atom stereocenters. The third-order valence-corrected chi connectivity index (χ3v) is 6.23. The normalized spacial score (nSPS) is 20.3. The summed E-state index contributed by atoms with van der Waals surface area (Å²) in [6, 6.07) is 4.14. The van der Waals surface area contributed by atoms with Gasteiger partial charge in [0.05, 0.1) is 4.92 Å². The predicted molar refractivity (Wildman–Crippen MR) is 86.3 cm³/mol. The second-order valence-corrected chi connectivity index (χ2v) is 8.31. The third kappa shape index (κ3) is 3.48. The van der Waals surface area contributed by atoms with Gasteiger partial charge < -0.3 is 4.90 Å². The van der Waals surface area contributed by atoms with Crippen LogP contribution >= 0.6 is 15.9 Å². The molecule has 0 spiro atoms. The second kappa shape index (κ2) is 6.61. The van der Waals surface area contributed by atoms with E-state index in [0.29, 0.717) is 17.6 Å². The number of benzene rings is 1. The van der Waals surface area contributed by atoms with Crippen LogP contribution in [0, 0.1) is 10.1 Å². The van der Waals surface area contributed by atoms with Gasteiger partial charge in [-0.05, 0) is 39.1 Å². The van der Waals surface area contributed by atoms with Gasteiger partial charge in [-0.25, -0.2) is 8.42 Å². The molecule has 1 fully saturated rings. The van der Waals surface area contributed by atoms with E-state index < -0.39 is 20.6 Å². The van der Waals surface area contributed by atoms with Crippen LogP contribution in [0.25, 0.3) is 0 Å². The third-order valence-electron chi connectivity index (χ3n) is 3.83. The largest absolute Gasteiger partial charge is 0.305 e. The van der Waals surface area contributed by atoms with E-state index in [1.165, 1.54) is 22.5 Å². The lowest BCUT2D eigenvalue weighted by molar-refractivity contribution is -0.387. The van der Waals surface area contributed by atoms with Crippen LogP contribution in [0.1, 0.15) is 12.8 Å². The van der Waals surface area contributed by atoms with Crippen molar-refractivity contribution in [1.29, 1.82) is 0 Å². The molecule has 9 heteroatoms. The Morgan fingerprint density at radius 3 is 2.68 bits per heavy atom. The van der Waals surface area contributed by atoms with Gasteiger partial charge in [0.2, 0.25) is 10.0 Å². The van der Waals surface area contributed by atoms with Crippen molar-refractivity contribution >= 4 is 31.6 Å². The Balaban J connectivity index is 2.40. The van der Waals surface area contributed by atoms with Crippen LogP contribution in [0.2, 0.25) is 0 Å². The highest BCUT2D eigenvalue weighted by Gasteiger charge is 2.35. The van der Waals surface area contributed by atoms with Crippen molar-refractivity contribution in [2.24, 2.45) is 0 Å². The van der Waals surface area contributed by atoms with Crippen LogP contribution in [0.4, 0.5) is 5.69 Å². The monoisotopic (exact) mass is 391 g/mol. The van der Waals surface area contributed by atoms with Gasteiger partial charge in [0.1, 0.15) is 0 Å². The first kappa shape index (κ1) is 17.3. The molecule has 0 saturated carbocycles. The van der Waals surface area contributed by atoms with Crippen LogP contribution < -0.4 is 0 Å². The molecule has 1 aliphatic rings. The van der Waals surface area contributed by atoms with Crippen molar-refractivity contribution < 1.29 is 13.3 Å². The van der Waals surface area contributed by atoms with Crippen molar-refractivity contribution in [3.63, 3.8) is 0 Å². The molecule has 122 valence electrons. The minimum Gasteiger partial charge on any atom is -0.305 e. The molecule has 1 aromatic rings. The molecule has 0 aromatic heterocycles. The lowest BCUT2D eigenvalue weighted by Crippen LogP contribution is -2.47. The molecule has 2 rings (SSSR count). The summed E-state index contributed by atoms with van der Waals surface area (Å²) in [5.41, 5.74) is -0.402. The summed E-state index contributed by atoms with van der Waals surface area (Å²) >= 11 is 3.14. The average molecular weight is 392 g/mol. The van der Waals surface area contributed by atoms with Crippen LogP contribution in [0.5, 0.6) is 0 Å². The van der Waals surface area contributed by atoms with Gasteiger partial charge in [-0.1, -0.05) is 15.9 Å². The average Bonchev–Trinajstić information content (AvgIpc) is 2.46. The minimum absolute atomic E-state index is 0.123. The van der Waals surface area contributed by atoms with Crippen LogP contribution in [-0.2, 0) is 10.0 Å². The van der Waals surface area contributed by atoms with E-state index >= 15 is 0 Å². The van der Waals surface area contributed by atoms with Crippen molar-refractivity contribution in [2.45, 2.75) is 23.8 Å². The molecule has 1 saturated heterocycles. The fourth-order valence-corrected chi connectivity index (χ4v) is 4.55. The molecule has 7 nitrogen and oxygen atoms in total. The lowest BCUT2D eigenvalue weighted by Gasteiger charge is -2.35. The zero-order valence-corrected chi connectivity index (χ0v) is 14.8. The number of piperidine rings is 1. The predicted octanol–water partition coefficient (Wildman–Crippen LogP) is 2.07. The van der Waals surface area contributed by atoms with Gasteiger partial charge in [0, 0.05) is 29.7 Å². The van der Waals surface area contributed by atoms with Gasteiger partial charge >= 0.3 is 0 Å². The molecule has 0 radical (unpaired) electrons. The highest BCUT2D eigenvalue weighted by atomic mass is 79.9. The van der Waals surface area contributed by atoms with E-state index in [2.05, 4.69) is 15.9 Å². The molecule has 0 N–H and O–H groups in total. The summed E-state index contributed by atoms with van der Waals surface area (Å²) in [7, 11) is -0.0655. The fourth-order valence-electron chi connectivity index (χ4n) is 2.55. The Hall–Kier alpha value is -1.03. The smallest absolute Gasteiger partial charge is 0.290 e. The highest BCUT2D eigenvalue weighted by Crippen LogP contribution is 2.31. The van der Waals surface area contributed by atoms with Crippen molar-refractivity contribution in [3.05, 3.63) is 32.8 Å².